The molecular weight excluding hydrogens is 370 g/mol. The molecule has 2 aromatic carbocycles. The van der Waals surface area contributed by atoms with E-state index in [-0.39, 0.29) is 11.9 Å². The van der Waals surface area contributed by atoms with Crippen LogP contribution >= 0.6 is 11.3 Å². The van der Waals surface area contributed by atoms with Gasteiger partial charge in [0, 0.05) is 26.2 Å². The van der Waals surface area contributed by atoms with E-state index in [4.69, 9.17) is 9.72 Å². The lowest BCUT2D eigenvalue weighted by Gasteiger charge is -2.37. The molecule has 1 aromatic heterocycles. The van der Waals surface area contributed by atoms with Crippen LogP contribution in [0.25, 0.3) is 10.2 Å². The van der Waals surface area contributed by atoms with E-state index >= 15 is 0 Å². The van der Waals surface area contributed by atoms with Gasteiger partial charge >= 0.3 is 0 Å². The fraction of sp³-hybridized carbons (Fsp3) is 0.364. The molecular formula is C22H25N3O2S. The molecule has 4 rings (SSSR count). The Morgan fingerprint density at radius 2 is 1.82 bits per heavy atom. The third-order valence-corrected chi connectivity index (χ3v) is 6.44. The van der Waals surface area contributed by atoms with E-state index < -0.39 is 0 Å². The molecule has 1 aliphatic heterocycles. The molecule has 1 aliphatic rings. The van der Waals surface area contributed by atoms with Crippen molar-refractivity contribution in [1.82, 2.24) is 14.8 Å². The first kappa shape index (κ1) is 18.9. The Labute approximate surface area is 169 Å². The predicted molar refractivity (Wildman–Crippen MR) is 113 cm³/mol. The summed E-state index contributed by atoms with van der Waals surface area (Å²) in [6, 6.07) is 16.0. The van der Waals surface area contributed by atoms with Crippen molar-refractivity contribution >= 4 is 27.5 Å². The van der Waals surface area contributed by atoms with Gasteiger partial charge in [-0.05, 0) is 38.1 Å². The average Bonchev–Trinajstić information content (AvgIpc) is 3.18. The number of thiazole rings is 1. The maximum absolute atomic E-state index is 13.0. The Kier molecular flexibility index (Phi) is 5.59. The molecule has 5 nitrogen and oxygen atoms in total. The zero-order valence-electron chi connectivity index (χ0n) is 16.3. The van der Waals surface area contributed by atoms with Gasteiger partial charge in [0.2, 0.25) is 0 Å². The molecule has 0 unspecified atom stereocenters. The van der Waals surface area contributed by atoms with Crippen LogP contribution in [-0.2, 0) is 0 Å². The van der Waals surface area contributed by atoms with Gasteiger partial charge in [-0.1, -0.05) is 24.3 Å². The number of piperazine rings is 1. The number of benzene rings is 2. The van der Waals surface area contributed by atoms with Crippen molar-refractivity contribution in [3.8, 4) is 5.75 Å². The Bertz CT molecular complexity index is 930. The van der Waals surface area contributed by atoms with Crippen molar-refractivity contribution in [1.29, 1.82) is 0 Å². The minimum absolute atomic E-state index is 0.0522. The Morgan fingerprint density at radius 3 is 2.57 bits per heavy atom. The van der Waals surface area contributed by atoms with Crippen LogP contribution in [0.1, 0.15) is 35.3 Å². The molecule has 0 bridgehead atoms. The van der Waals surface area contributed by atoms with Gasteiger partial charge in [0.15, 0.2) is 0 Å². The van der Waals surface area contributed by atoms with Crippen LogP contribution in [0.3, 0.4) is 0 Å². The number of carbonyl (C=O) groups is 1. The molecule has 1 saturated heterocycles. The molecule has 0 aliphatic carbocycles. The van der Waals surface area contributed by atoms with Crippen molar-refractivity contribution in [3.05, 3.63) is 59.1 Å². The highest BCUT2D eigenvalue weighted by atomic mass is 32.1. The summed E-state index contributed by atoms with van der Waals surface area (Å²) >= 11 is 1.76. The lowest BCUT2D eigenvalue weighted by molar-refractivity contribution is 0.0578. The summed E-state index contributed by atoms with van der Waals surface area (Å²) in [7, 11) is 0. The van der Waals surface area contributed by atoms with Crippen LogP contribution in [0.5, 0.6) is 5.75 Å². The first-order chi connectivity index (χ1) is 13.7. The Balaban J connectivity index is 1.42. The normalized spacial score (nSPS) is 16.3. The van der Waals surface area contributed by atoms with Gasteiger partial charge in [0.1, 0.15) is 10.8 Å². The second-order valence-electron chi connectivity index (χ2n) is 6.95. The van der Waals surface area contributed by atoms with Crippen LogP contribution in [-0.4, -0.2) is 53.5 Å². The number of hydrogen-bond acceptors (Lipinski definition) is 5. The minimum Gasteiger partial charge on any atom is -0.493 e. The van der Waals surface area contributed by atoms with Gasteiger partial charge in [0.05, 0.1) is 28.4 Å². The summed E-state index contributed by atoms with van der Waals surface area (Å²) in [6.45, 7) is 7.82. The third kappa shape index (κ3) is 3.75. The molecule has 3 aromatic rings. The maximum Gasteiger partial charge on any atom is 0.257 e. The molecule has 0 saturated carbocycles. The Morgan fingerprint density at radius 1 is 1.11 bits per heavy atom. The lowest BCUT2D eigenvalue weighted by Crippen LogP contribution is -2.49. The second kappa shape index (κ2) is 8.29. The molecule has 0 radical (unpaired) electrons. The van der Waals surface area contributed by atoms with Crippen LogP contribution in [0.15, 0.2) is 48.5 Å². The maximum atomic E-state index is 13.0. The second-order valence-corrected chi connectivity index (χ2v) is 8.02. The molecule has 0 spiro atoms. The van der Waals surface area contributed by atoms with Crippen LogP contribution in [0, 0.1) is 0 Å². The zero-order valence-corrected chi connectivity index (χ0v) is 17.1. The highest BCUT2D eigenvalue weighted by Crippen LogP contribution is 2.30. The van der Waals surface area contributed by atoms with Crippen molar-refractivity contribution in [2.24, 2.45) is 0 Å². The number of amides is 1. The smallest absolute Gasteiger partial charge is 0.257 e. The van der Waals surface area contributed by atoms with E-state index in [0.29, 0.717) is 31.0 Å². The summed E-state index contributed by atoms with van der Waals surface area (Å²) in [6.07, 6.45) is 0. The molecule has 2 heterocycles. The molecule has 1 atom stereocenters. The molecule has 6 heteroatoms. The summed E-state index contributed by atoms with van der Waals surface area (Å²) < 4.78 is 6.86. The fourth-order valence-corrected chi connectivity index (χ4v) is 4.69. The van der Waals surface area contributed by atoms with Crippen molar-refractivity contribution < 1.29 is 9.53 Å². The van der Waals surface area contributed by atoms with Crippen LogP contribution in [0.4, 0.5) is 0 Å². The van der Waals surface area contributed by atoms with Crippen molar-refractivity contribution in [3.63, 3.8) is 0 Å². The summed E-state index contributed by atoms with van der Waals surface area (Å²) in [5.41, 5.74) is 1.72. The van der Waals surface area contributed by atoms with Gasteiger partial charge < -0.3 is 9.64 Å². The lowest BCUT2D eigenvalue weighted by atomic mass is 10.1. The number of aromatic nitrogens is 1. The van der Waals surface area contributed by atoms with Gasteiger partial charge in [-0.15, -0.1) is 11.3 Å². The van der Waals surface area contributed by atoms with Crippen LogP contribution < -0.4 is 4.74 Å². The minimum atomic E-state index is 0.0522. The van der Waals surface area contributed by atoms with Gasteiger partial charge in [-0.2, -0.15) is 0 Å². The summed E-state index contributed by atoms with van der Waals surface area (Å²) in [4.78, 5) is 22.1. The quantitative estimate of drug-likeness (QED) is 0.649. The molecule has 0 N–H and O–H groups in total. The standard InChI is InChI=1S/C22H25N3O2S/c1-3-27-19-10-6-4-8-17(19)22(26)25-14-12-24(13-15-25)16(2)21-23-18-9-5-7-11-20(18)28-21/h4-11,16H,3,12-15H2,1-2H3/t16-/m1/s1. The highest BCUT2D eigenvalue weighted by molar-refractivity contribution is 7.18. The summed E-state index contributed by atoms with van der Waals surface area (Å²) in [5.74, 6) is 0.719. The van der Waals surface area contributed by atoms with E-state index in [1.54, 1.807) is 11.3 Å². The van der Waals surface area contributed by atoms with Crippen molar-refractivity contribution in [2.75, 3.05) is 32.8 Å². The van der Waals surface area contributed by atoms with E-state index in [0.717, 1.165) is 23.6 Å². The summed E-state index contributed by atoms with van der Waals surface area (Å²) in [5, 5.41) is 1.14. The number of rotatable bonds is 5. The van der Waals surface area contributed by atoms with Gasteiger partial charge in [-0.25, -0.2) is 4.98 Å². The molecule has 1 amide bonds. The third-order valence-electron chi connectivity index (χ3n) is 5.23. The number of para-hydroxylation sites is 2. The van der Waals surface area contributed by atoms with Gasteiger partial charge in [-0.3, -0.25) is 9.69 Å². The largest absolute Gasteiger partial charge is 0.493 e. The van der Waals surface area contributed by atoms with Gasteiger partial charge in [0.25, 0.3) is 5.91 Å². The average molecular weight is 396 g/mol. The van der Waals surface area contributed by atoms with E-state index in [2.05, 4.69) is 30.0 Å². The number of ether oxygens (including phenoxy) is 1. The number of carbonyl (C=O) groups excluding carboxylic acids is 1. The SMILES string of the molecule is CCOc1ccccc1C(=O)N1CCN([C@H](C)c2nc3ccccc3s2)CC1. The molecule has 146 valence electrons. The Hall–Kier alpha value is -2.44. The number of fused-ring (bicyclic) bond motifs is 1. The van der Waals surface area contributed by atoms with E-state index in [1.165, 1.54) is 4.70 Å². The highest BCUT2D eigenvalue weighted by Gasteiger charge is 2.28. The number of nitrogens with zero attached hydrogens (tertiary/aromatic N) is 3. The molecule has 28 heavy (non-hydrogen) atoms. The molecule has 1 fully saturated rings. The first-order valence-corrected chi connectivity index (χ1v) is 10.6. The predicted octanol–water partition coefficient (Wildman–Crippen LogP) is 4.21. The van der Waals surface area contributed by atoms with E-state index in [9.17, 15) is 4.79 Å². The fourth-order valence-electron chi connectivity index (χ4n) is 3.63. The topological polar surface area (TPSA) is 45.7 Å². The van der Waals surface area contributed by atoms with Crippen LogP contribution in [0.2, 0.25) is 0 Å². The zero-order chi connectivity index (χ0) is 19.5. The number of hydrogen-bond donors (Lipinski definition) is 0. The van der Waals surface area contributed by atoms with Crippen molar-refractivity contribution in [2.45, 2.75) is 19.9 Å². The van der Waals surface area contributed by atoms with E-state index in [1.807, 2.05) is 42.2 Å². The monoisotopic (exact) mass is 395 g/mol. The first-order valence-electron chi connectivity index (χ1n) is 9.78.